The van der Waals surface area contributed by atoms with E-state index < -0.39 is 22.4 Å². The summed E-state index contributed by atoms with van der Waals surface area (Å²) in [4.78, 5) is 47.7. The molecule has 2 atom stereocenters. The summed E-state index contributed by atoms with van der Waals surface area (Å²) < 4.78 is 10.7. The molecule has 1 unspecified atom stereocenters. The maximum atomic E-state index is 13.2. The third kappa shape index (κ3) is 6.00. The number of halogens is 1. The Balaban J connectivity index is 1.41. The van der Waals surface area contributed by atoms with E-state index in [2.05, 4.69) is 21.4 Å². The van der Waals surface area contributed by atoms with Crippen molar-refractivity contribution >= 4 is 29.4 Å². The number of nitrogens with zero attached hydrogens (tertiary/aromatic N) is 5. The first-order valence-corrected chi connectivity index (χ1v) is 14.1. The first-order chi connectivity index (χ1) is 20.8. The Bertz CT molecular complexity index is 1590. The van der Waals surface area contributed by atoms with Crippen LogP contribution in [-0.4, -0.2) is 64.6 Å². The summed E-state index contributed by atoms with van der Waals surface area (Å²) in [5, 5.41) is 24.5. The smallest absolute Gasteiger partial charge is 0.410 e. The van der Waals surface area contributed by atoms with Gasteiger partial charge in [-0.05, 0) is 41.1 Å². The molecule has 5 rings (SSSR count). The van der Waals surface area contributed by atoms with Gasteiger partial charge >= 0.3 is 17.7 Å². The topological polar surface area (TPSA) is 161 Å². The number of benzene rings is 2. The van der Waals surface area contributed by atoms with Crippen LogP contribution < -0.4 is 5.32 Å². The highest BCUT2D eigenvalue weighted by Gasteiger charge is 2.48. The van der Waals surface area contributed by atoms with Gasteiger partial charge in [0.2, 0.25) is 5.28 Å². The summed E-state index contributed by atoms with van der Waals surface area (Å²) in [6.07, 6.45) is 0.624. The average molecular weight is 605 g/mol. The number of hydrogen-bond donors (Lipinski definition) is 1. The number of rotatable bonds is 8. The molecule has 222 valence electrons. The maximum Gasteiger partial charge on any atom is 0.410 e. The van der Waals surface area contributed by atoms with Crippen LogP contribution in [0.25, 0.3) is 11.3 Å². The van der Waals surface area contributed by atoms with Crippen LogP contribution in [0, 0.1) is 21.4 Å². The average Bonchev–Trinajstić information content (AvgIpc) is 3.39. The predicted octanol–water partition coefficient (Wildman–Crippen LogP) is 4.13. The monoisotopic (exact) mass is 604 g/mol. The van der Waals surface area contributed by atoms with Gasteiger partial charge in [-0.1, -0.05) is 48.5 Å². The van der Waals surface area contributed by atoms with E-state index in [1.54, 1.807) is 29.2 Å². The molecule has 1 aliphatic heterocycles. The van der Waals surface area contributed by atoms with E-state index in [9.17, 15) is 19.7 Å². The fourth-order valence-corrected chi connectivity index (χ4v) is 6.09. The molecule has 0 bridgehead atoms. The van der Waals surface area contributed by atoms with Crippen LogP contribution in [0.2, 0.25) is 5.28 Å². The Morgan fingerprint density at radius 3 is 2.72 bits per heavy atom. The fraction of sp³-hybridized carbons (Fsp3) is 0.367. The largest absolute Gasteiger partial charge is 0.468 e. The van der Waals surface area contributed by atoms with Crippen molar-refractivity contribution < 1.29 is 24.0 Å². The van der Waals surface area contributed by atoms with Gasteiger partial charge < -0.3 is 19.7 Å². The second-order valence-electron chi connectivity index (χ2n) is 10.5. The number of ether oxygens (including phenoxy) is 2. The van der Waals surface area contributed by atoms with E-state index in [1.165, 1.54) is 7.11 Å². The fourth-order valence-electron chi connectivity index (χ4n) is 5.90. The third-order valence-corrected chi connectivity index (χ3v) is 8.18. The third-order valence-electron chi connectivity index (χ3n) is 8.01. The van der Waals surface area contributed by atoms with Crippen LogP contribution in [0.5, 0.6) is 0 Å². The van der Waals surface area contributed by atoms with Crippen LogP contribution in [0.3, 0.4) is 0 Å². The minimum atomic E-state index is -1.16. The Morgan fingerprint density at radius 1 is 1.23 bits per heavy atom. The highest BCUT2D eigenvalue weighted by molar-refractivity contribution is 6.28. The van der Waals surface area contributed by atoms with Crippen molar-refractivity contribution in [2.24, 2.45) is 0 Å². The molecule has 2 heterocycles. The molecule has 1 amide bonds. The Hall–Kier alpha value is -4.60. The zero-order valence-electron chi connectivity index (χ0n) is 23.4. The summed E-state index contributed by atoms with van der Waals surface area (Å²) in [5.41, 5.74) is 1.32. The highest BCUT2D eigenvalue weighted by atomic mass is 35.5. The molecule has 2 aromatic carbocycles. The predicted molar refractivity (Wildman–Crippen MR) is 155 cm³/mol. The Kier molecular flexibility index (Phi) is 8.84. The number of esters is 1. The number of aryl methyl sites for hydroxylation is 1. The summed E-state index contributed by atoms with van der Waals surface area (Å²) in [7, 11) is 1.30. The highest BCUT2D eigenvalue weighted by Crippen LogP contribution is 2.44. The van der Waals surface area contributed by atoms with E-state index in [4.69, 9.17) is 26.3 Å². The number of hydrogen-bond acceptors (Lipinski definition) is 10. The number of methoxy groups -OCH3 is 1. The molecule has 1 aromatic heterocycles. The van der Waals surface area contributed by atoms with Crippen molar-refractivity contribution in [3.8, 4) is 17.3 Å². The summed E-state index contributed by atoms with van der Waals surface area (Å²) in [6, 6.07) is 15.9. The van der Waals surface area contributed by atoms with Gasteiger partial charge in [-0.3, -0.25) is 14.9 Å². The molecule has 12 nitrogen and oxygen atoms in total. The lowest BCUT2D eigenvalue weighted by atomic mass is 9.77. The number of piperazine rings is 1. The molecule has 1 fully saturated rings. The van der Waals surface area contributed by atoms with Crippen LogP contribution in [0.4, 0.5) is 10.5 Å². The molecule has 43 heavy (non-hydrogen) atoms. The van der Waals surface area contributed by atoms with Gasteiger partial charge in [-0.2, -0.15) is 5.26 Å². The van der Waals surface area contributed by atoms with Gasteiger partial charge in [0.05, 0.1) is 36.0 Å². The Labute approximate surface area is 252 Å². The van der Waals surface area contributed by atoms with Crippen LogP contribution >= 0.6 is 11.6 Å². The van der Waals surface area contributed by atoms with E-state index in [0.717, 1.165) is 11.1 Å². The minimum Gasteiger partial charge on any atom is -0.468 e. The lowest BCUT2D eigenvalue weighted by Gasteiger charge is -2.34. The summed E-state index contributed by atoms with van der Waals surface area (Å²) in [5.74, 6) is -0.498. The van der Waals surface area contributed by atoms with Gasteiger partial charge in [-0.25, -0.2) is 14.8 Å². The van der Waals surface area contributed by atoms with Crippen LogP contribution in [0.1, 0.15) is 35.2 Å². The second kappa shape index (κ2) is 12.7. The van der Waals surface area contributed by atoms with E-state index in [1.807, 2.05) is 24.3 Å². The molecule has 0 spiro atoms. The standard InChI is InChI=1S/C30H29ClN6O6/c1-42-27(38)30(12-10-20-4-2-3-5-23(20)30)16-24-26(37(40)41)25(35-28(31)34-24)21-8-6-19(7-9-21)18-43-29(39)36-15-14-33-17-22(36)11-13-32/h2-9,22,33H,10-12,14-18H2,1H3/t22-,30?/m0/s1. The normalized spacial score (nSPS) is 19.3. The number of carbonyl (C=O) groups excluding carboxylic acids is 2. The van der Waals surface area contributed by atoms with E-state index >= 15 is 0 Å². The second-order valence-corrected chi connectivity index (χ2v) is 10.8. The minimum absolute atomic E-state index is 0.00926. The quantitative estimate of drug-likeness (QED) is 0.171. The number of carbonyl (C=O) groups is 2. The van der Waals surface area contributed by atoms with E-state index in [0.29, 0.717) is 43.6 Å². The molecule has 0 radical (unpaired) electrons. The number of amides is 1. The molecule has 3 aromatic rings. The first-order valence-electron chi connectivity index (χ1n) is 13.8. The van der Waals surface area contributed by atoms with Crippen LogP contribution in [-0.2, 0) is 39.1 Å². The summed E-state index contributed by atoms with van der Waals surface area (Å²) in [6.45, 7) is 1.54. The molecule has 1 aliphatic carbocycles. The van der Waals surface area contributed by atoms with Gasteiger partial charge in [0.15, 0.2) is 5.69 Å². The van der Waals surface area contributed by atoms with Crippen molar-refractivity contribution in [2.45, 2.75) is 43.7 Å². The summed E-state index contributed by atoms with van der Waals surface area (Å²) >= 11 is 6.30. The lowest BCUT2D eigenvalue weighted by Crippen LogP contribution is -2.53. The van der Waals surface area contributed by atoms with Crippen LogP contribution in [0.15, 0.2) is 48.5 Å². The van der Waals surface area contributed by atoms with Gasteiger partial charge in [0, 0.05) is 31.6 Å². The van der Waals surface area contributed by atoms with Gasteiger partial charge in [0.1, 0.15) is 12.3 Å². The zero-order valence-corrected chi connectivity index (χ0v) is 24.2. The Morgan fingerprint density at radius 2 is 2.00 bits per heavy atom. The molecule has 2 aliphatic rings. The number of fused-ring (bicyclic) bond motifs is 1. The molecule has 1 saturated heterocycles. The number of nitro groups is 1. The molecule has 0 saturated carbocycles. The molecule has 1 N–H and O–H groups in total. The lowest BCUT2D eigenvalue weighted by molar-refractivity contribution is -0.385. The van der Waals surface area contributed by atoms with Gasteiger partial charge in [-0.15, -0.1) is 0 Å². The van der Waals surface area contributed by atoms with Crippen molar-refractivity contribution in [2.75, 3.05) is 26.7 Å². The number of nitriles is 1. The van der Waals surface area contributed by atoms with Crippen molar-refractivity contribution in [1.29, 1.82) is 5.26 Å². The zero-order chi connectivity index (χ0) is 30.6. The van der Waals surface area contributed by atoms with E-state index in [-0.39, 0.29) is 47.8 Å². The maximum absolute atomic E-state index is 13.2. The van der Waals surface area contributed by atoms with Crippen molar-refractivity contribution in [3.63, 3.8) is 0 Å². The van der Waals surface area contributed by atoms with Crippen molar-refractivity contribution in [3.05, 3.63) is 86.3 Å². The number of aromatic nitrogens is 2. The first kappa shape index (κ1) is 29.9. The van der Waals surface area contributed by atoms with Gasteiger partial charge in [0.25, 0.3) is 0 Å². The molecular weight excluding hydrogens is 576 g/mol. The van der Waals surface area contributed by atoms with Crippen molar-refractivity contribution in [1.82, 2.24) is 20.2 Å². The SMILES string of the molecule is COC(=O)C1(Cc2nc(Cl)nc(-c3ccc(COC(=O)N4CCNC[C@@H]4CC#N)cc3)c2[N+](=O)[O-])CCc2ccccc21. The number of nitrogens with one attached hydrogen (secondary N) is 1. The molecular formula is C30H29ClN6O6. The molecule has 13 heteroatoms.